The van der Waals surface area contributed by atoms with Crippen molar-refractivity contribution in [2.75, 3.05) is 6.54 Å². The molecule has 19 heavy (non-hydrogen) atoms. The lowest BCUT2D eigenvalue weighted by Gasteiger charge is -2.31. The van der Waals surface area contributed by atoms with Crippen molar-refractivity contribution in [1.29, 1.82) is 0 Å². The number of amides is 2. The lowest BCUT2D eigenvalue weighted by atomic mass is 9.92. The van der Waals surface area contributed by atoms with Gasteiger partial charge in [-0.2, -0.15) is 0 Å². The molecule has 0 aliphatic rings. The lowest BCUT2D eigenvalue weighted by molar-refractivity contribution is -0.123. The topological polar surface area (TPSA) is 84.2 Å². The van der Waals surface area contributed by atoms with Crippen molar-refractivity contribution < 1.29 is 9.59 Å². The van der Waals surface area contributed by atoms with Gasteiger partial charge >= 0.3 is 0 Å². The Morgan fingerprint density at radius 3 is 2.05 bits per heavy atom. The van der Waals surface area contributed by atoms with Crippen LogP contribution in [-0.4, -0.2) is 29.9 Å². The molecule has 5 nitrogen and oxygen atoms in total. The van der Waals surface area contributed by atoms with Gasteiger partial charge in [0.2, 0.25) is 11.8 Å². The van der Waals surface area contributed by atoms with E-state index < -0.39 is 0 Å². The summed E-state index contributed by atoms with van der Waals surface area (Å²) in [7, 11) is 0. The van der Waals surface area contributed by atoms with Crippen LogP contribution in [0.5, 0.6) is 0 Å². The van der Waals surface area contributed by atoms with Gasteiger partial charge in [-0.1, -0.05) is 13.8 Å². The smallest absolute Gasteiger partial charge is 0.220 e. The highest BCUT2D eigenvalue weighted by Gasteiger charge is 2.25. The fourth-order valence-electron chi connectivity index (χ4n) is 1.93. The zero-order chi connectivity index (χ0) is 14.9. The first-order chi connectivity index (χ1) is 8.89. The average molecular weight is 271 g/mol. The number of carbonyl (C=O) groups is 2. The normalized spacial score (nSPS) is 11.5. The SMILES string of the molecule is CCC(CC)(CN)NC(=O)CCCC(=O)NC(C)C. The Kier molecular flexibility index (Phi) is 8.39. The van der Waals surface area contributed by atoms with Crippen LogP contribution in [0.2, 0.25) is 0 Å². The zero-order valence-electron chi connectivity index (χ0n) is 12.7. The number of carbonyl (C=O) groups excluding carboxylic acids is 2. The van der Waals surface area contributed by atoms with Crippen molar-refractivity contribution in [2.24, 2.45) is 5.73 Å². The van der Waals surface area contributed by atoms with E-state index in [0.717, 1.165) is 12.8 Å². The van der Waals surface area contributed by atoms with Gasteiger partial charge in [-0.15, -0.1) is 0 Å². The highest BCUT2D eigenvalue weighted by molar-refractivity contribution is 5.79. The highest BCUT2D eigenvalue weighted by atomic mass is 16.2. The van der Waals surface area contributed by atoms with Gasteiger partial charge in [-0.05, 0) is 33.1 Å². The molecule has 0 radical (unpaired) electrons. The molecule has 0 saturated carbocycles. The predicted octanol–water partition coefficient (Wildman–Crippen LogP) is 1.32. The second kappa shape index (κ2) is 8.91. The molecule has 0 heterocycles. The molecule has 0 aliphatic carbocycles. The lowest BCUT2D eigenvalue weighted by Crippen LogP contribution is -2.52. The number of rotatable bonds is 9. The maximum Gasteiger partial charge on any atom is 0.220 e. The average Bonchev–Trinajstić information content (AvgIpc) is 2.35. The summed E-state index contributed by atoms with van der Waals surface area (Å²) >= 11 is 0. The maximum atomic E-state index is 11.8. The van der Waals surface area contributed by atoms with E-state index in [1.54, 1.807) is 0 Å². The van der Waals surface area contributed by atoms with Gasteiger partial charge in [-0.25, -0.2) is 0 Å². The first kappa shape index (κ1) is 17.9. The van der Waals surface area contributed by atoms with Crippen LogP contribution in [-0.2, 0) is 9.59 Å². The second-order valence-corrected chi connectivity index (χ2v) is 5.32. The Bertz CT molecular complexity index is 278. The predicted molar refractivity (Wildman–Crippen MR) is 77.6 cm³/mol. The third-order valence-corrected chi connectivity index (χ3v) is 3.41. The summed E-state index contributed by atoms with van der Waals surface area (Å²) in [4.78, 5) is 23.3. The van der Waals surface area contributed by atoms with Crippen LogP contribution in [0.4, 0.5) is 0 Å². The van der Waals surface area contributed by atoms with E-state index >= 15 is 0 Å². The Morgan fingerprint density at radius 2 is 1.63 bits per heavy atom. The molecule has 0 unspecified atom stereocenters. The molecule has 0 saturated heterocycles. The van der Waals surface area contributed by atoms with Gasteiger partial charge in [0.1, 0.15) is 0 Å². The molecule has 0 atom stereocenters. The van der Waals surface area contributed by atoms with E-state index in [2.05, 4.69) is 10.6 Å². The van der Waals surface area contributed by atoms with Crippen LogP contribution in [0.3, 0.4) is 0 Å². The summed E-state index contributed by atoms with van der Waals surface area (Å²) in [5.74, 6) is -0.0228. The minimum Gasteiger partial charge on any atom is -0.354 e. The van der Waals surface area contributed by atoms with Crippen molar-refractivity contribution in [3.8, 4) is 0 Å². The number of hydrogen-bond acceptors (Lipinski definition) is 3. The molecule has 0 spiro atoms. The Labute approximate surface area is 116 Å². The highest BCUT2D eigenvalue weighted by Crippen LogP contribution is 2.13. The number of nitrogens with one attached hydrogen (secondary N) is 2. The van der Waals surface area contributed by atoms with Crippen molar-refractivity contribution in [3.63, 3.8) is 0 Å². The largest absolute Gasteiger partial charge is 0.354 e. The van der Waals surface area contributed by atoms with Gasteiger partial charge in [0, 0.05) is 25.4 Å². The molecule has 4 N–H and O–H groups in total. The van der Waals surface area contributed by atoms with Crippen molar-refractivity contribution >= 4 is 11.8 Å². The van der Waals surface area contributed by atoms with Gasteiger partial charge in [-0.3, -0.25) is 9.59 Å². The molecule has 0 rings (SSSR count). The first-order valence-electron chi connectivity index (χ1n) is 7.19. The fourth-order valence-corrected chi connectivity index (χ4v) is 1.93. The molecule has 0 bridgehead atoms. The molecule has 0 aromatic carbocycles. The molecule has 0 aliphatic heterocycles. The third-order valence-electron chi connectivity index (χ3n) is 3.41. The summed E-state index contributed by atoms with van der Waals surface area (Å²) in [6, 6.07) is 0.145. The standard InChI is InChI=1S/C14H29N3O2/c1-5-14(6-2,10-15)17-13(19)9-7-8-12(18)16-11(3)4/h11H,5-10,15H2,1-4H3,(H,16,18)(H,17,19). The fraction of sp³-hybridized carbons (Fsp3) is 0.857. The quantitative estimate of drug-likeness (QED) is 0.591. The van der Waals surface area contributed by atoms with Gasteiger partial charge < -0.3 is 16.4 Å². The Balaban J connectivity index is 4.02. The van der Waals surface area contributed by atoms with E-state index in [4.69, 9.17) is 5.73 Å². The number of nitrogens with two attached hydrogens (primary N) is 1. The maximum absolute atomic E-state index is 11.8. The molecule has 0 aromatic heterocycles. The molecular formula is C14H29N3O2. The molecule has 112 valence electrons. The van der Waals surface area contributed by atoms with Crippen molar-refractivity contribution in [2.45, 2.75) is 71.4 Å². The summed E-state index contributed by atoms with van der Waals surface area (Å²) in [6.45, 7) is 8.32. The minimum atomic E-state index is -0.294. The Hall–Kier alpha value is -1.10. The molecule has 2 amide bonds. The second-order valence-electron chi connectivity index (χ2n) is 5.32. The van der Waals surface area contributed by atoms with E-state index in [1.807, 2.05) is 27.7 Å². The molecule has 0 fully saturated rings. The third kappa shape index (κ3) is 7.15. The van der Waals surface area contributed by atoms with E-state index in [-0.39, 0.29) is 23.4 Å². The van der Waals surface area contributed by atoms with Crippen LogP contribution in [0, 0.1) is 0 Å². The summed E-state index contributed by atoms with van der Waals surface area (Å²) < 4.78 is 0. The summed E-state index contributed by atoms with van der Waals surface area (Å²) in [5, 5.41) is 5.81. The monoisotopic (exact) mass is 271 g/mol. The van der Waals surface area contributed by atoms with Crippen molar-refractivity contribution in [1.82, 2.24) is 10.6 Å². The van der Waals surface area contributed by atoms with E-state index in [9.17, 15) is 9.59 Å². The summed E-state index contributed by atoms with van der Waals surface area (Å²) in [6.07, 6.45) is 2.96. The Morgan fingerprint density at radius 1 is 1.11 bits per heavy atom. The van der Waals surface area contributed by atoms with Crippen LogP contribution in [0.25, 0.3) is 0 Å². The zero-order valence-corrected chi connectivity index (χ0v) is 12.7. The van der Waals surface area contributed by atoms with Crippen LogP contribution < -0.4 is 16.4 Å². The van der Waals surface area contributed by atoms with E-state index in [0.29, 0.717) is 25.8 Å². The van der Waals surface area contributed by atoms with Crippen LogP contribution in [0.1, 0.15) is 59.8 Å². The van der Waals surface area contributed by atoms with Crippen LogP contribution >= 0.6 is 0 Å². The molecular weight excluding hydrogens is 242 g/mol. The van der Waals surface area contributed by atoms with Gasteiger partial charge in [0.05, 0.1) is 5.54 Å². The minimum absolute atomic E-state index is 0.00105. The number of hydrogen-bond donors (Lipinski definition) is 3. The first-order valence-corrected chi connectivity index (χ1v) is 7.19. The molecule has 5 heteroatoms. The van der Waals surface area contributed by atoms with E-state index in [1.165, 1.54) is 0 Å². The van der Waals surface area contributed by atoms with Crippen LogP contribution in [0.15, 0.2) is 0 Å². The van der Waals surface area contributed by atoms with Crippen molar-refractivity contribution in [3.05, 3.63) is 0 Å². The summed E-state index contributed by atoms with van der Waals surface area (Å²) in [5.41, 5.74) is 5.44. The van der Waals surface area contributed by atoms with Gasteiger partial charge in [0.15, 0.2) is 0 Å². The molecule has 0 aromatic rings. The van der Waals surface area contributed by atoms with Gasteiger partial charge in [0.25, 0.3) is 0 Å².